The SMILES string of the molecule is CCCCN1CCC(CC2=Cc3ccccc3C2C(=O)O)CC1.Cl. The molecule has 0 aromatic heterocycles. The summed E-state index contributed by atoms with van der Waals surface area (Å²) in [6, 6.07) is 7.93. The molecule has 0 spiro atoms. The number of rotatable bonds is 6. The first kappa shape index (κ1) is 19.0. The van der Waals surface area contributed by atoms with Crippen LogP contribution >= 0.6 is 12.4 Å². The molecule has 0 saturated carbocycles. The predicted octanol–water partition coefficient (Wildman–Crippen LogP) is 4.58. The van der Waals surface area contributed by atoms with E-state index in [1.807, 2.05) is 24.3 Å². The van der Waals surface area contributed by atoms with Crippen molar-refractivity contribution in [3.05, 3.63) is 41.0 Å². The van der Waals surface area contributed by atoms with Crippen molar-refractivity contribution >= 4 is 24.5 Å². The van der Waals surface area contributed by atoms with Crippen molar-refractivity contribution < 1.29 is 9.90 Å². The molecule has 1 aromatic carbocycles. The number of nitrogens with zero attached hydrogens (tertiary/aromatic N) is 1. The number of fused-ring (bicyclic) bond motifs is 1. The lowest BCUT2D eigenvalue weighted by atomic mass is 9.85. The summed E-state index contributed by atoms with van der Waals surface area (Å²) < 4.78 is 0. The van der Waals surface area contributed by atoms with Gasteiger partial charge in [-0.25, -0.2) is 0 Å². The lowest BCUT2D eigenvalue weighted by Gasteiger charge is -2.32. The molecular weight excluding hydrogens is 322 g/mol. The number of carboxylic acid groups (broad SMARTS) is 1. The lowest BCUT2D eigenvalue weighted by molar-refractivity contribution is -0.137. The Bertz CT molecular complexity index is 591. The molecule has 4 heteroatoms. The second-order valence-electron chi connectivity index (χ2n) is 6.96. The average Bonchev–Trinajstić information content (AvgIpc) is 2.92. The lowest BCUT2D eigenvalue weighted by Crippen LogP contribution is -2.34. The van der Waals surface area contributed by atoms with Gasteiger partial charge in [-0.3, -0.25) is 4.79 Å². The molecule has 132 valence electrons. The Morgan fingerprint density at radius 1 is 1.25 bits per heavy atom. The fraction of sp³-hybridized carbons (Fsp3) is 0.550. The van der Waals surface area contributed by atoms with Crippen LogP contribution in [0.1, 0.15) is 56.1 Å². The number of likely N-dealkylation sites (tertiary alicyclic amines) is 1. The van der Waals surface area contributed by atoms with Crippen molar-refractivity contribution in [2.45, 2.75) is 44.9 Å². The van der Waals surface area contributed by atoms with E-state index in [2.05, 4.69) is 17.9 Å². The number of hydrogen-bond donors (Lipinski definition) is 1. The minimum atomic E-state index is -0.707. The number of benzene rings is 1. The first-order valence-electron chi connectivity index (χ1n) is 8.93. The third-order valence-electron chi connectivity index (χ3n) is 5.33. The molecule has 0 bridgehead atoms. The van der Waals surface area contributed by atoms with Gasteiger partial charge in [0, 0.05) is 0 Å². The van der Waals surface area contributed by atoms with Crippen molar-refractivity contribution in [1.29, 1.82) is 0 Å². The quantitative estimate of drug-likeness (QED) is 0.817. The highest BCUT2D eigenvalue weighted by Gasteiger charge is 2.32. The van der Waals surface area contributed by atoms with E-state index in [9.17, 15) is 9.90 Å². The van der Waals surface area contributed by atoms with Crippen molar-refractivity contribution in [2.75, 3.05) is 19.6 Å². The Hall–Kier alpha value is -1.32. The summed E-state index contributed by atoms with van der Waals surface area (Å²) in [5.41, 5.74) is 3.16. The van der Waals surface area contributed by atoms with Gasteiger partial charge in [-0.15, -0.1) is 12.4 Å². The largest absolute Gasteiger partial charge is 0.481 e. The molecule has 0 radical (unpaired) electrons. The maximum atomic E-state index is 11.7. The summed E-state index contributed by atoms with van der Waals surface area (Å²) in [7, 11) is 0. The van der Waals surface area contributed by atoms with E-state index in [1.54, 1.807) is 0 Å². The first-order chi connectivity index (χ1) is 11.2. The van der Waals surface area contributed by atoms with Crippen LogP contribution in [-0.2, 0) is 4.79 Å². The Kier molecular flexibility index (Phi) is 6.88. The first-order valence-corrected chi connectivity index (χ1v) is 8.93. The van der Waals surface area contributed by atoms with Crippen LogP contribution in [0.3, 0.4) is 0 Å². The molecule has 1 heterocycles. The number of hydrogen-bond acceptors (Lipinski definition) is 2. The third-order valence-corrected chi connectivity index (χ3v) is 5.33. The van der Waals surface area contributed by atoms with Crippen LogP contribution in [0.25, 0.3) is 6.08 Å². The Labute approximate surface area is 151 Å². The topological polar surface area (TPSA) is 40.5 Å². The molecule has 1 fully saturated rings. The van der Waals surface area contributed by atoms with Gasteiger partial charge in [0.2, 0.25) is 0 Å². The zero-order chi connectivity index (χ0) is 16.2. The molecule has 1 N–H and O–H groups in total. The maximum Gasteiger partial charge on any atom is 0.315 e. The van der Waals surface area contributed by atoms with Crippen molar-refractivity contribution in [1.82, 2.24) is 4.90 Å². The van der Waals surface area contributed by atoms with Crippen molar-refractivity contribution in [3.63, 3.8) is 0 Å². The molecular formula is C20H28ClNO2. The summed E-state index contributed by atoms with van der Waals surface area (Å²) >= 11 is 0. The van der Waals surface area contributed by atoms with E-state index in [4.69, 9.17) is 0 Å². The van der Waals surface area contributed by atoms with Gasteiger partial charge >= 0.3 is 5.97 Å². The van der Waals surface area contributed by atoms with Crippen LogP contribution in [0.4, 0.5) is 0 Å². The highest BCUT2D eigenvalue weighted by molar-refractivity contribution is 5.87. The zero-order valence-corrected chi connectivity index (χ0v) is 15.2. The summed E-state index contributed by atoms with van der Waals surface area (Å²) in [5, 5.41) is 9.65. The van der Waals surface area contributed by atoms with Gasteiger partial charge in [0.1, 0.15) is 5.92 Å². The zero-order valence-electron chi connectivity index (χ0n) is 14.4. The molecule has 1 aliphatic heterocycles. The highest BCUT2D eigenvalue weighted by Crippen LogP contribution is 2.40. The summed E-state index contributed by atoms with van der Waals surface area (Å²) in [6.45, 7) is 5.80. The summed E-state index contributed by atoms with van der Waals surface area (Å²) in [6.07, 6.45) is 8.00. The van der Waals surface area contributed by atoms with E-state index in [0.717, 1.165) is 23.1 Å². The molecule has 1 atom stereocenters. The standard InChI is InChI=1S/C20H27NO2.ClH/c1-2-3-10-21-11-8-15(9-12-21)13-17-14-16-6-4-5-7-18(16)19(17)20(22)23;/h4-7,14-15,19H,2-3,8-13H2,1H3,(H,22,23);1H. The molecule has 24 heavy (non-hydrogen) atoms. The smallest absolute Gasteiger partial charge is 0.315 e. The van der Waals surface area contributed by atoms with E-state index in [-0.39, 0.29) is 12.4 Å². The van der Waals surface area contributed by atoms with Gasteiger partial charge in [0.25, 0.3) is 0 Å². The summed E-state index contributed by atoms with van der Waals surface area (Å²) in [5.74, 6) is -0.499. The molecule has 1 saturated heterocycles. The minimum absolute atomic E-state index is 0. The fourth-order valence-corrected chi connectivity index (χ4v) is 3.99. The van der Waals surface area contributed by atoms with Crippen LogP contribution in [-0.4, -0.2) is 35.6 Å². The number of aliphatic carboxylic acids is 1. The average molecular weight is 350 g/mol. The minimum Gasteiger partial charge on any atom is -0.481 e. The molecule has 3 rings (SSSR count). The second-order valence-corrected chi connectivity index (χ2v) is 6.96. The Morgan fingerprint density at radius 3 is 2.62 bits per heavy atom. The molecule has 1 aromatic rings. The van der Waals surface area contributed by atoms with Crippen LogP contribution in [0.15, 0.2) is 29.8 Å². The van der Waals surface area contributed by atoms with Gasteiger partial charge in [0.05, 0.1) is 0 Å². The highest BCUT2D eigenvalue weighted by atomic mass is 35.5. The third kappa shape index (κ3) is 4.20. The summed E-state index contributed by atoms with van der Waals surface area (Å²) in [4.78, 5) is 14.3. The number of unbranched alkanes of at least 4 members (excludes halogenated alkanes) is 1. The normalized spacial score (nSPS) is 21.0. The van der Waals surface area contributed by atoms with E-state index in [1.165, 1.54) is 45.3 Å². The van der Waals surface area contributed by atoms with Crippen LogP contribution in [0.2, 0.25) is 0 Å². The molecule has 2 aliphatic rings. The number of halogens is 1. The van der Waals surface area contributed by atoms with Gasteiger partial charge < -0.3 is 10.0 Å². The molecule has 3 nitrogen and oxygen atoms in total. The van der Waals surface area contributed by atoms with Gasteiger partial charge in [-0.1, -0.05) is 49.3 Å². The van der Waals surface area contributed by atoms with Gasteiger partial charge in [0.15, 0.2) is 0 Å². The predicted molar refractivity (Wildman–Crippen MR) is 101 cm³/mol. The monoisotopic (exact) mass is 349 g/mol. The number of carbonyl (C=O) groups is 1. The van der Waals surface area contributed by atoms with Crippen molar-refractivity contribution in [3.8, 4) is 0 Å². The molecule has 0 amide bonds. The Morgan fingerprint density at radius 2 is 1.96 bits per heavy atom. The maximum absolute atomic E-state index is 11.7. The van der Waals surface area contributed by atoms with E-state index < -0.39 is 11.9 Å². The van der Waals surface area contributed by atoms with Crippen LogP contribution < -0.4 is 0 Å². The number of piperidine rings is 1. The van der Waals surface area contributed by atoms with Gasteiger partial charge in [-0.2, -0.15) is 0 Å². The second kappa shape index (κ2) is 8.68. The van der Waals surface area contributed by atoms with Crippen LogP contribution in [0, 0.1) is 5.92 Å². The molecule has 1 unspecified atom stereocenters. The van der Waals surface area contributed by atoms with E-state index in [0.29, 0.717) is 5.92 Å². The Balaban J connectivity index is 0.00000208. The number of carboxylic acids is 1. The van der Waals surface area contributed by atoms with Crippen molar-refractivity contribution in [2.24, 2.45) is 5.92 Å². The van der Waals surface area contributed by atoms with E-state index >= 15 is 0 Å². The molecule has 1 aliphatic carbocycles. The van der Waals surface area contributed by atoms with Crippen LogP contribution in [0.5, 0.6) is 0 Å². The fourth-order valence-electron chi connectivity index (χ4n) is 3.99. The van der Waals surface area contributed by atoms with Gasteiger partial charge in [-0.05, 0) is 62.4 Å².